The first-order chi connectivity index (χ1) is 10.1. The van der Waals surface area contributed by atoms with Crippen LogP contribution >= 0.6 is 39.9 Å². The molecular weight excluding hydrogens is 459 g/mol. The number of likely N-dealkylation sites (tertiary alicyclic amines) is 1. The molecule has 0 aliphatic carbocycles. The first kappa shape index (κ1) is 19.5. The molecule has 4 N–H and O–H groups in total. The Bertz CT molecular complexity index is 512. The van der Waals surface area contributed by atoms with Crippen LogP contribution in [0.2, 0.25) is 0 Å². The second-order valence-electron chi connectivity index (χ2n) is 5.29. The van der Waals surface area contributed by atoms with Crippen molar-refractivity contribution in [3.63, 3.8) is 0 Å². The Morgan fingerprint density at radius 2 is 2.32 bits per heavy atom. The average Bonchev–Trinajstić information content (AvgIpc) is 2.94. The van der Waals surface area contributed by atoms with Crippen molar-refractivity contribution in [3.05, 3.63) is 28.2 Å². The zero-order valence-corrected chi connectivity index (χ0v) is 16.7. The van der Waals surface area contributed by atoms with Crippen LogP contribution in [0.4, 0.5) is 0 Å². The van der Waals surface area contributed by atoms with Crippen molar-refractivity contribution in [1.29, 1.82) is 0 Å². The molecule has 7 heteroatoms. The fraction of sp³-hybridized carbons (Fsp3) is 0.533. The van der Waals surface area contributed by atoms with Gasteiger partial charge in [0, 0.05) is 12.6 Å². The van der Waals surface area contributed by atoms with Crippen molar-refractivity contribution in [1.82, 2.24) is 10.2 Å². The first-order valence-corrected chi connectivity index (χ1v) is 8.14. The minimum Gasteiger partial charge on any atom is -0.507 e. The lowest BCUT2D eigenvalue weighted by atomic mass is 10.2. The highest BCUT2D eigenvalue weighted by molar-refractivity contribution is 14.0. The summed E-state index contributed by atoms with van der Waals surface area (Å²) in [7, 11) is 0. The number of guanidine groups is 1. The number of benzene rings is 1. The summed E-state index contributed by atoms with van der Waals surface area (Å²) in [6.07, 6.45) is 2.48. The van der Waals surface area contributed by atoms with Gasteiger partial charge in [0.15, 0.2) is 5.96 Å². The molecule has 0 aromatic heterocycles. The van der Waals surface area contributed by atoms with E-state index in [2.05, 4.69) is 38.1 Å². The van der Waals surface area contributed by atoms with Crippen molar-refractivity contribution < 1.29 is 5.11 Å². The molecule has 22 heavy (non-hydrogen) atoms. The number of hydrogen-bond donors (Lipinski definition) is 3. The maximum Gasteiger partial charge on any atom is 0.188 e. The molecule has 1 heterocycles. The minimum atomic E-state index is 0. The summed E-state index contributed by atoms with van der Waals surface area (Å²) in [5.41, 5.74) is 6.91. The number of aromatic hydroxyl groups is 1. The van der Waals surface area contributed by atoms with Crippen LogP contribution in [0.1, 0.15) is 25.3 Å². The summed E-state index contributed by atoms with van der Waals surface area (Å²) in [4.78, 5) is 6.81. The molecule has 5 nitrogen and oxygen atoms in total. The van der Waals surface area contributed by atoms with Gasteiger partial charge in [0.1, 0.15) is 5.75 Å². The van der Waals surface area contributed by atoms with Gasteiger partial charge in [-0.25, -0.2) is 4.99 Å². The van der Waals surface area contributed by atoms with Crippen LogP contribution in [0.25, 0.3) is 0 Å². The molecule has 124 valence electrons. The zero-order valence-electron chi connectivity index (χ0n) is 12.8. The fourth-order valence-electron chi connectivity index (χ4n) is 2.65. The van der Waals surface area contributed by atoms with E-state index < -0.39 is 0 Å². The van der Waals surface area contributed by atoms with Crippen LogP contribution in [0.5, 0.6) is 5.75 Å². The normalized spacial score (nSPS) is 19.0. The summed E-state index contributed by atoms with van der Waals surface area (Å²) < 4.78 is 0.672. The van der Waals surface area contributed by atoms with Gasteiger partial charge in [-0.15, -0.1) is 24.0 Å². The van der Waals surface area contributed by atoms with Crippen molar-refractivity contribution in [2.75, 3.05) is 19.6 Å². The molecule has 0 spiro atoms. The first-order valence-electron chi connectivity index (χ1n) is 7.35. The quantitative estimate of drug-likeness (QED) is 0.342. The van der Waals surface area contributed by atoms with Gasteiger partial charge in [0.05, 0.1) is 11.0 Å². The molecule has 1 aliphatic rings. The van der Waals surface area contributed by atoms with Crippen LogP contribution in [0, 0.1) is 0 Å². The van der Waals surface area contributed by atoms with E-state index in [0.29, 0.717) is 23.0 Å². The smallest absolute Gasteiger partial charge is 0.188 e. The van der Waals surface area contributed by atoms with Gasteiger partial charge < -0.3 is 16.2 Å². The molecule has 1 fully saturated rings. The van der Waals surface area contributed by atoms with Crippen molar-refractivity contribution in [2.24, 2.45) is 10.7 Å². The lowest BCUT2D eigenvalue weighted by molar-refractivity contribution is 0.267. The molecule has 1 unspecified atom stereocenters. The number of nitrogens with zero attached hydrogens (tertiary/aromatic N) is 2. The molecule has 0 amide bonds. The fourth-order valence-corrected chi connectivity index (χ4v) is 3.07. The number of rotatable bonds is 5. The summed E-state index contributed by atoms with van der Waals surface area (Å²) >= 11 is 3.29. The predicted octanol–water partition coefficient (Wildman–Crippen LogP) is 2.66. The number of phenols is 1. The molecule has 0 bridgehead atoms. The van der Waals surface area contributed by atoms with Crippen LogP contribution in [0.3, 0.4) is 0 Å². The monoisotopic (exact) mass is 482 g/mol. The Labute approximate surface area is 157 Å². The third-order valence-electron chi connectivity index (χ3n) is 3.87. The molecule has 0 radical (unpaired) electrons. The Hall–Kier alpha value is -0.540. The summed E-state index contributed by atoms with van der Waals surface area (Å²) in [5.74, 6) is 0.705. The molecule has 0 saturated carbocycles. The Morgan fingerprint density at radius 3 is 3.00 bits per heavy atom. The largest absolute Gasteiger partial charge is 0.507 e. The minimum absolute atomic E-state index is 0. The molecule has 1 aromatic carbocycles. The van der Waals surface area contributed by atoms with Crippen molar-refractivity contribution in [3.8, 4) is 5.75 Å². The highest BCUT2D eigenvalue weighted by Crippen LogP contribution is 2.24. The van der Waals surface area contributed by atoms with Gasteiger partial charge in [-0.2, -0.15) is 0 Å². The van der Waals surface area contributed by atoms with Gasteiger partial charge in [-0.1, -0.05) is 13.0 Å². The number of nitrogens with two attached hydrogens (primary N) is 1. The third kappa shape index (κ3) is 5.58. The lowest BCUT2D eigenvalue weighted by Gasteiger charge is -2.23. The predicted molar refractivity (Wildman–Crippen MR) is 105 cm³/mol. The number of phenolic OH excluding ortho intramolecular Hbond substituents is 1. The Kier molecular flexibility index (Phi) is 8.48. The maximum absolute atomic E-state index is 9.45. The van der Waals surface area contributed by atoms with Crippen LogP contribution in [-0.2, 0) is 6.54 Å². The molecule has 1 atom stereocenters. The second kappa shape index (κ2) is 9.57. The van der Waals surface area contributed by atoms with Crippen LogP contribution in [0.15, 0.2) is 27.7 Å². The van der Waals surface area contributed by atoms with Gasteiger partial charge in [0.2, 0.25) is 0 Å². The maximum atomic E-state index is 9.45. The standard InChI is InChI=1S/C15H23BrN4O.HI/c1-2-20-7-3-4-12(20)10-19-15(17)18-9-11-5-6-14(21)13(16)8-11;/h5-6,8,12,21H,2-4,7,9-10H2,1H3,(H3,17,18,19);1H. The van der Waals surface area contributed by atoms with Crippen LogP contribution < -0.4 is 11.1 Å². The summed E-state index contributed by atoms with van der Waals surface area (Å²) in [6, 6.07) is 5.90. The topological polar surface area (TPSA) is 73.9 Å². The lowest BCUT2D eigenvalue weighted by Crippen LogP contribution is -2.42. The SMILES string of the molecule is CCN1CCCC1CNC(N)=NCc1ccc(O)c(Br)c1.I. The van der Waals surface area contributed by atoms with E-state index in [9.17, 15) is 5.11 Å². The van der Waals surface area contributed by atoms with E-state index >= 15 is 0 Å². The van der Waals surface area contributed by atoms with E-state index in [1.54, 1.807) is 6.07 Å². The van der Waals surface area contributed by atoms with Gasteiger partial charge in [0.25, 0.3) is 0 Å². The van der Waals surface area contributed by atoms with E-state index in [0.717, 1.165) is 18.7 Å². The third-order valence-corrected chi connectivity index (χ3v) is 4.50. The summed E-state index contributed by atoms with van der Waals surface area (Å²) in [6.45, 7) is 5.81. The van der Waals surface area contributed by atoms with Gasteiger partial charge >= 0.3 is 0 Å². The molecule has 1 aliphatic heterocycles. The summed E-state index contributed by atoms with van der Waals surface area (Å²) in [5, 5.41) is 12.7. The van der Waals surface area contributed by atoms with E-state index in [1.165, 1.54) is 19.4 Å². The van der Waals surface area contributed by atoms with Crippen molar-refractivity contribution in [2.45, 2.75) is 32.4 Å². The average molecular weight is 483 g/mol. The van der Waals surface area contributed by atoms with Crippen molar-refractivity contribution >= 4 is 45.9 Å². The highest BCUT2D eigenvalue weighted by atomic mass is 127. The second-order valence-corrected chi connectivity index (χ2v) is 6.15. The number of hydrogen-bond acceptors (Lipinski definition) is 3. The van der Waals surface area contributed by atoms with Gasteiger partial charge in [-0.3, -0.25) is 4.90 Å². The number of likely N-dealkylation sites (N-methyl/N-ethyl adjacent to an activating group) is 1. The molecule has 1 aromatic rings. The van der Waals surface area contributed by atoms with Gasteiger partial charge in [-0.05, 0) is 59.6 Å². The molecular formula is C15H24BrIN4O. The zero-order chi connectivity index (χ0) is 15.2. The molecule has 2 rings (SSSR count). The highest BCUT2D eigenvalue weighted by Gasteiger charge is 2.22. The number of nitrogens with one attached hydrogen (secondary N) is 1. The van der Waals surface area contributed by atoms with E-state index in [4.69, 9.17) is 5.73 Å². The van der Waals surface area contributed by atoms with Crippen LogP contribution in [-0.4, -0.2) is 41.6 Å². The Balaban J connectivity index is 0.00000242. The molecule has 1 saturated heterocycles. The number of halogens is 2. The Morgan fingerprint density at radius 1 is 1.55 bits per heavy atom. The number of aliphatic imine (C=N–C) groups is 1. The van der Waals surface area contributed by atoms with E-state index in [1.807, 2.05) is 12.1 Å². The van der Waals surface area contributed by atoms with E-state index in [-0.39, 0.29) is 29.7 Å².